The normalized spacial score (nSPS) is 11.1. The molecule has 2 aromatic heterocycles. The molecule has 0 spiro atoms. The fourth-order valence-corrected chi connectivity index (χ4v) is 4.15. The first-order valence-corrected chi connectivity index (χ1v) is 10.2. The number of benzene rings is 3. The van der Waals surface area contributed by atoms with Gasteiger partial charge in [0.05, 0.1) is 15.6 Å². The molecule has 5 rings (SSSR count). The number of amides is 1. The van der Waals surface area contributed by atoms with Crippen molar-refractivity contribution >= 4 is 43.6 Å². The number of thiazole rings is 1. The summed E-state index contributed by atoms with van der Waals surface area (Å²) in [5.74, 6) is 0.227. The molecule has 146 valence electrons. The van der Waals surface area contributed by atoms with Crippen LogP contribution in [0.25, 0.3) is 32.5 Å². The number of fused-ring (bicyclic) bond motifs is 2. The summed E-state index contributed by atoms with van der Waals surface area (Å²) < 4.78 is 6.92. The largest absolute Gasteiger partial charge is 0.456 e. The highest BCUT2D eigenvalue weighted by Gasteiger charge is 2.12. The molecular weight excluding hydrogens is 396 g/mol. The van der Waals surface area contributed by atoms with E-state index in [1.54, 1.807) is 30.3 Å². The highest BCUT2D eigenvalue weighted by atomic mass is 32.1. The summed E-state index contributed by atoms with van der Waals surface area (Å²) in [5.41, 5.74) is 3.54. The molecule has 1 amide bonds. The molecule has 30 heavy (non-hydrogen) atoms. The minimum Gasteiger partial charge on any atom is -0.456 e. The van der Waals surface area contributed by atoms with E-state index in [0.29, 0.717) is 27.4 Å². The van der Waals surface area contributed by atoms with Gasteiger partial charge < -0.3 is 4.42 Å². The van der Waals surface area contributed by atoms with Crippen molar-refractivity contribution in [1.82, 2.24) is 4.98 Å². The molecule has 6 heteroatoms. The van der Waals surface area contributed by atoms with Crippen LogP contribution in [0.3, 0.4) is 0 Å². The molecule has 3 aromatic carbocycles. The lowest BCUT2D eigenvalue weighted by Crippen LogP contribution is -2.11. The zero-order valence-corrected chi connectivity index (χ0v) is 16.8. The third kappa shape index (κ3) is 3.38. The Balaban J connectivity index is 1.41. The van der Waals surface area contributed by atoms with Gasteiger partial charge in [-0.3, -0.25) is 14.9 Å². The van der Waals surface area contributed by atoms with Crippen LogP contribution in [-0.4, -0.2) is 10.9 Å². The molecule has 0 aliphatic rings. The summed E-state index contributed by atoms with van der Waals surface area (Å²) in [6.07, 6.45) is 0. The Labute approximate surface area is 175 Å². The van der Waals surface area contributed by atoms with Gasteiger partial charge in [-0.05, 0) is 43.3 Å². The first kappa shape index (κ1) is 18.3. The molecule has 5 nitrogen and oxygen atoms in total. The molecule has 0 saturated heterocycles. The van der Waals surface area contributed by atoms with Gasteiger partial charge in [0.25, 0.3) is 5.91 Å². The van der Waals surface area contributed by atoms with Crippen molar-refractivity contribution in [2.75, 3.05) is 5.32 Å². The van der Waals surface area contributed by atoms with Crippen LogP contribution in [0.15, 0.2) is 82.0 Å². The van der Waals surface area contributed by atoms with Gasteiger partial charge in [-0.25, -0.2) is 4.98 Å². The Morgan fingerprint density at radius 3 is 2.60 bits per heavy atom. The first-order chi connectivity index (χ1) is 14.6. The first-order valence-electron chi connectivity index (χ1n) is 9.39. The Morgan fingerprint density at radius 2 is 1.80 bits per heavy atom. The molecule has 0 radical (unpaired) electrons. The number of para-hydroxylation sites is 1. The van der Waals surface area contributed by atoms with Gasteiger partial charge in [-0.15, -0.1) is 0 Å². The predicted molar refractivity (Wildman–Crippen MR) is 120 cm³/mol. The maximum absolute atomic E-state index is 12.6. The molecule has 0 atom stereocenters. The van der Waals surface area contributed by atoms with E-state index in [2.05, 4.69) is 10.3 Å². The van der Waals surface area contributed by atoms with Crippen molar-refractivity contribution in [3.05, 3.63) is 94.1 Å². The molecule has 5 aromatic rings. The summed E-state index contributed by atoms with van der Waals surface area (Å²) in [7, 11) is 0. The van der Waals surface area contributed by atoms with Crippen LogP contribution in [0.2, 0.25) is 0 Å². The van der Waals surface area contributed by atoms with Gasteiger partial charge in [-0.1, -0.05) is 47.2 Å². The fraction of sp³-hybridized carbons (Fsp3) is 0.0417. The van der Waals surface area contributed by atoms with E-state index in [-0.39, 0.29) is 11.3 Å². The predicted octanol–water partition coefficient (Wildman–Crippen LogP) is 5.63. The van der Waals surface area contributed by atoms with Crippen LogP contribution in [0, 0.1) is 6.92 Å². The zero-order chi connectivity index (χ0) is 20.7. The molecule has 2 heterocycles. The number of hydrogen-bond donors (Lipinski definition) is 1. The van der Waals surface area contributed by atoms with Crippen molar-refractivity contribution in [3.8, 4) is 11.3 Å². The Morgan fingerprint density at radius 1 is 1.00 bits per heavy atom. The molecule has 0 aliphatic carbocycles. The molecule has 1 N–H and O–H groups in total. The van der Waals surface area contributed by atoms with Gasteiger partial charge in [-0.2, -0.15) is 0 Å². The lowest BCUT2D eigenvalue weighted by molar-refractivity contribution is 0.102. The van der Waals surface area contributed by atoms with Gasteiger partial charge in [0.2, 0.25) is 0 Å². The average Bonchev–Trinajstić information content (AvgIpc) is 3.16. The average molecular weight is 412 g/mol. The molecule has 0 fully saturated rings. The van der Waals surface area contributed by atoms with E-state index in [1.807, 2.05) is 43.3 Å². The van der Waals surface area contributed by atoms with Crippen molar-refractivity contribution in [1.29, 1.82) is 0 Å². The highest BCUT2D eigenvalue weighted by molar-refractivity contribution is 7.22. The minimum atomic E-state index is -0.240. The summed E-state index contributed by atoms with van der Waals surface area (Å²) in [5, 5.41) is 3.96. The van der Waals surface area contributed by atoms with E-state index < -0.39 is 0 Å². The van der Waals surface area contributed by atoms with E-state index in [4.69, 9.17) is 4.42 Å². The SMILES string of the molecule is Cc1ccc2oc(-c3ccc(C(=O)Nc4nc5ccccc5s4)cc3)cc(=O)c2c1. The second kappa shape index (κ2) is 7.24. The van der Waals surface area contributed by atoms with E-state index >= 15 is 0 Å². The van der Waals surface area contributed by atoms with Gasteiger partial charge >= 0.3 is 0 Å². The topological polar surface area (TPSA) is 72.2 Å². The number of carbonyl (C=O) groups excluding carboxylic acids is 1. The molecule has 0 bridgehead atoms. The molecule has 0 saturated carbocycles. The number of nitrogens with one attached hydrogen (secondary N) is 1. The van der Waals surface area contributed by atoms with Crippen LogP contribution in [-0.2, 0) is 0 Å². The number of nitrogens with zero attached hydrogens (tertiary/aromatic N) is 1. The maximum Gasteiger partial charge on any atom is 0.257 e. The Bertz CT molecular complexity index is 1430. The van der Waals surface area contributed by atoms with Crippen molar-refractivity contribution in [3.63, 3.8) is 0 Å². The van der Waals surface area contributed by atoms with Gasteiger partial charge in [0.15, 0.2) is 10.6 Å². The van der Waals surface area contributed by atoms with E-state index in [0.717, 1.165) is 21.3 Å². The summed E-state index contributed by atoms with van der Waals surface area (Å²) in [6, 6.07) is 21.7. The van der Waals surface area contributed by atoms with Crippen LogP contribution in [0.5, 0.6) is 0 Å². The zero-order valence-electron chi connectivity index (χ0n) is 16.0. The third-order valence-corrected chi connectivity index (χ3v) is 5.78. The number of aromatic nitrogens is 1. The van der Waals surface area contributed by atoms with Gasteiger partial charge in [0.1, 0.15) is 11.3 Å². The smallest absolute Gasteiger partial charge is 0.257 e. The van der Waals surface area contributed by atoms with Crippen LogP contribution in [0.1, 0.15) is 15.9 Å². The lowest BCUT2D eigenvalue weighted by Gasteiger charge is -2.06. The van der Waals surface area contributed by atoms with Crippen molar-refractivity contribution in [2.24, 2.45) is 0 Å². The lowest BCUT2D eigenvalue weighted by atomic mass is 10.1. The van der Waals surface area contributed by atoms with Gasteiger partial charge in [0, 0.05) is 17.2 Å². The molecule has 0 aliphatic heterocycles. The Kier molecular flexibility index (Phi) is 4.41. The van der Waals surface area contributed by atoms with Crippen LogP contribution >= 0.6 is 11.3 Å². The Hall–Kier alpha value is -3.77. The second-order valence-corrected chi connectivity index (χ2v) is 8.02. The number of carbonyl (C=O) groups is 1. The van der Waals surface area contributed by atoms with E-state index in [1.165, 1.54) is 17.4 Å². The summed E-state index contributed by atoms with van der Waals surface area (Å²) in [6.45, 7) is 1.94. The van der Waals surface area contributed by atoms with E-state index in [9.17, 15) is 9.59 Å². The fourth-order valence-electron chi connectivity index (χ4n) is 3.29. The van der Waals surface area contributed by atoms with Crippen LogP contribution in [0.4, 0.5) is 5.13 Å². The molecule has 0 unspecified atom stereocenters. The number of rotatable bonds is 3. The second-order valence-electron chi connectivity index (χ2n) is 6.99. The monoisotopic (exact) mass is 412 g/mol. The standard InChI is InChI=1S/C24H16N2O3S/c1-14-6-11-20-17(12-14)19(27)13-21(29-20)15-7-9-16(10-8-15)23(28)26-24-25-18-4-2-3-5-22(18)30-24/h2-13H,1H3,(H,25,26,28). The van der Waals surface area contributed by atoms with Crippen LogP contribution < -0.4 is 10.7 Å². The number of hydrogen-bond acceptors (Lipinski definition) is 5. The minimum absolute atomic E-state index is 0.0902. The maximum atomic E-state index is 12.6. The third-order valence-electron chi connectivity index (χ3n) is 4.83. The highest BCUT2D eigenvalue weighted by Crippen LogP contribution is 2.26. The number of anilines is 1. The summed E-state index contributed by atoms with van der Waals surface area (Å²) >= 11 is 1.43. The van der Waals surface area contributed by atoms with Crippen molar-refractivity contribution in [2.45, 2.75) is 6.92 Å². The molecular formula is C24H16N2O3S. The quantitative estimate of drug-likeness (QED) is 0.417. The number of aryl methyl sites for hydroxylation is 1. The summed E-state index contributed by atoms with van der Waals surface area (Å²) in [4.78, 5) is 29.5. The van der Waals surface area contributed by atoms with Crippen molar-refractivity contribution < 1.29 is 9.21 Å².